The van der Waals surface area contributed by atoms with Crippen molar-refractivity contribution in [3.63, 3.8) is 0 Å². The van der Waals surface area contributed by atoms with Gasteiger partial charge in [-0.3, -0.25) is 0 Å². The lowest BCUT2D eigenvalue weighted by Crippen LogP contribution is -2.49. The highest BCUT2D eigenvalue weighted by molar-refractivity contribution is 7.86. The van der Waals surface area contributed by atoms with Crippen molar-refractivity contribution in [3.8, 4) is 0 Å². The number of rotatable bonds is 5. The van der Waals surface area contributed by atoms with E-state index in [-0.39, 0.29) is 6.10 Å². The molecule has 0 radical (unpaired) electrons. The van der Waals surface area contributed by atoms with Gasteiger partial charge in [-0.2, -0.15) is 17.0 Å². The summed E-state index contributed by atoms with van der Waals surface area (Å²) < 4.78 is 33.7. The van der Waals surface area contributed by atoms with Crippen molar-refractivity contribution < 1.29 is 13.2 Å². The third kappa shape index (κ3) is 3.88. The lowest BCUT2D eigenvalue weighted by Gasteiger charge is -2.36. The highest BCUT2D eigenvalue weighted by Crippen LogP contribution is 2.21. The zero-order valence-electron chi connectivity index (χ0n) is 11.5. The Labute approximate surface area is 116 Å². The maximum absolute atomic E-state index is 12.5. The molecule has 0 saturated carbocycles. The average molecular weight is 291 g/mol. The van der Waals surface area contributed by atoms with Crippen molar-refractivity contribution in [1.29, 1.82) is 0 Å². The molecule has 2 heterocycles. The van der Waals surface area contributed by atoms with Crippen molar-refractivity contribution in [2.75, 3.05) is 39.3 Å². The van der Waals surface area contributed by atoms with Gasteiger partial charge in [0.1, 0.15) is 0 Å². The first-order chi connectivity index (χ1) is 9.14. The Hall–Kier alpha value is -0.210. The number of nitrogens with two attached hydrogens (primary N) is 1. The number of nitrogens with zero attached hydrogens (tertiary/aromatic N) is 2. The smallest absolute Gasteiger partial charge is 0.281 e. The van der Waals surface area contributed by atoms with Crippen LogP contribution in [0.25, 0.3) is 0 Å². The summed E-state index contributed by atoms with van der Waals surface area (Å²) in [5, 5.41) is 0. The fourth-order valence-corrected chi connectivity index (χ4v) is 4.44. The van der Waals surface area contributed by atoms with E-state index in [1.807, 2.05) is 0 Å². The molecule has 7 heteroatoms. The number of ether oxygens (including phenoxy) is 1. The number of hydrogen-bond acceptors (Lipinski definition) is 4. The van der Waals surface area contributed by atoms with E-state index in [0.29, 0.717) is 39.3 Å². The van der Waals surface area contributed by atoms with E-state index in [2.05, 4.69) is 0 Å². The molecule has 2 aliphatic rings. The molecule has 0 aromatic rings. The second-order valence-corrected chi connectivity index (χ2v) is 7.15. The number of hydrogen-bond donors (Lipinski definition) is 1. The molecular formula is C12H25N3O3S. The van der Waals surface area contributed by atoms with E-state index < -0.39 is 10.2 Å². The monoisotopic (exact) mass is 291 g/mol. The molecule has 0 atom stereocenters. The molecule has 2 fully saturated rings. The van der Waals surface area contributed by atoms with Crippen LogP contribution >= 0.6 is 0 Å². The topological polar surface area (TPSA) is 75.9 Å². The van der Waals surface area contributed by atoms with E-state index in [1.54, 1.807) is 8.61 Å². The highest BCUT2D eigenvalue weighted by Gasteiger charge is 2.33. The molecule has 2 rings (SSSR count). The van der Waals surface area contributed by atoms with Crippen molar-refractivity contribution in [1.82, 2.24) is 8.61 Å². The normalized spacial score (nSPS) is 24.7. The van der Waals surface area contributed by atoms with Crippen LogP contribution in [0.3, 0.4) is 0 Å². The van der Waals surface area contributed by atoms with Gasteiger partial charge in [-0.05, 0) is 25.7 Å². The van der Waals surface area contributed by atoms with E-state index in [9.17, 15) is 8.42 Å². The summed E-state index contributed by atoms with van der Waals surface area (Å²) in [5.41, 5.74) is 5.40. The van der Waals surface area contributed by atoms with Gasteiger partial charge in [-0.25, -0.2) is 0 Å². The Kier molecular flexibility index (Phi) is 5.58. The van der Waals surface area contributed by atoms with Crippen molar-refractivity contribution in [2.24, 2.45) is 5.73 Å². The van der Waals surface area contributed by atoms with Gasteiger partial charge >= 0.3 is 0 Å². The van der Waals surface area contributed by atoms with Gasteiger partial charge < -0.3 is 10.5 Å². The Morgan fingerprint density at radius 3 is 2.16 bits per heavy atom. The highest BCUT2D eigenvalue weighted by atomic mass is 32.2. The SMILES string of the molecule is NCCOC1CCN(S(=O)(=O)N2CCCCC2)CC1. The molecule has 6 nitrogen and oxygen atoms in total. The molecule has 19 heavy (non-hydrogen) atoms. The largest absolute Gasteiger partial charge is 0.377 e. The van der Waals surface area contributed by atoms with Crippen molar-refractivity contribution in [3.05, 3.63) is 0 Å². The van der Waals surface area contributed by atoms with Crippen molar-refractivity contribution in [2.45, 2.75) is 38.2 Å². The van der Waals surface area contributed by atoms with E-state index >= 15 is 0 Å². The quantitative estimate of drug-likeness (QED) is 0.783. The van der Waals surface area contributed by atoms with Gasteiger partial charge in [0.2, 0.25) is 0 Å². The molecule has 0 aromatic carbocycles. The Balaban J connectivity index is 1.85. The Morgan fingerprint density at radius 1 is 1.00 bits per heavy atom. The third-order valence-corrected chi connectivity index (χ3v) is 5.88. The predicted molar refractivity (Wildman–Crippen MR) is 73.9 cm³/mol. The summed E-state index contributed by atoms with van der Waals surface area (Å²) in [5.74, 6) is 0. The molecule has 0 bridgehead atoms. The maximum Gasteiger partial charge on any atom is 0.281 e. The van der Waals surface area contributed by atoms with Crippen molar-refractivity contribution >= 4 is 10.2 Å². The molecule has 0 aliphatic carbocycles. The third-order valence-electron chi connectivity index (χ3n) is 3.84. The summed E-state index contributed by atoms with van der Waals surface area (Å²) in [6.07, 6.45) is 4.81. The molecule has 2 N–H and O–H groups in total. The minimum atomic E-state index is -3.24. The van der Waals surface area contributed by atoms with Crippen LogP contribution < -0.4 is 5.73 Å². The lowest BCUT2D eigenvalue weighted by molar-refractivity contribution is 0.0248. The first kappa shape index (κ1) is 15.2. The number of piperidine rings is 2. The minimum Gasteiger partial charge on any atom is -0.377 e. The molecule has 0 amide bonds. The Morgan fingerprint density at radius 2 is 1.58 bits per heavy atom. The zero-order valence-corrected chi connectivity index (χ0v) is 12.3. The zero-order chi connectivity index (χ0) is 13.7. The minimum absolute atomic E-state index is 0.163. The van der Waals surface area contributed by atoms with Gasteiger partial charge in [0.15, 0.2) is 0 Å². The van der Waals surface area contributed by atoms with E-state index in [1.165, 1.54) is 0 Å². The van der Waals surface area contributed by atoms with Crippen LogP contribution in [-0.4, -0.2) is 62.5 Å². The first-order valence-corrected chi connectivity index (χ1v) is 8.61. The second kappa shape index (κ2) is 6.99. The van der Waals surface area contributed by atoms with Crippen LogP contribution in [0.4, 0.5) is 0 Å². The molecule has 0 spiro atoms. The van der Waals surface area contributed by atoms with Crippen LogP contribution in [0.15, 0.2) is 0 Å². The van der Waals surface area contributed by atoms with Gasteiger partial charge in [0.25, 0.3) is 10.2 Å². The summed E-state index contributed by atoms with van der Waals surface area (Å²) in [7, 11) is -3.24. The van der Waals surface area contributed by atoms with Gasteiger partial charge in [0, 0.05) is 32.7 Å². The van der Waals surface area contributed by atoms with Crippen LogP contribution in [-0.2, 0) is 14.9 Å². The van der Waals surface area contributed by atoms with Crippen LogP contribution in [0.1, 0.15) is 32.1 Å². The maximum atomic E-state index is 12.5. The molecule has 2 aliphatic heterocycles. The summed E-state index contributed by atoms with van der Waals surface area (Å²) >= 11 is 0. The summed E-state index contributed by atoms with van der Waals surface area (Å²) in [6, 6.07) is 0. The van der Waals surface area contributed by atoms with Gasteiger partial charge in [-0.15, -0.1) is 0 Å². The molecular weight excluding hydrogens is 266 g/mol. The van der Waals surface area contributed by atoms with Crippen LogP contribution in [0.5, 0.6) is 0 Å². The first-order valence-electron chi connectivity index (χ1n) is 7.21. The van der Waals surface area contributed by atoms with Crippen LogP contribution in [0.2, 0.25) is 0 Å². The average Bonchev–Trinajstić information content (AvgIpc) is 2.46. The fraction of sp³-hybridized carbons (Fsp3) is 1.00. The second-order valence-electron chi connectivity index (χ2n) is 5.23. The molecule has 112 valence electrons. The molecule has 0 aromatic heterocycles. The molecule has 2 saturated heterocycles. The summed E-state index contributed by atoms with van der Waals surface area (Å²) in [4.78, 5) is 0. The molecule has 0 unspecified atom stereocenters. The van der Waals surface area contributed by atoms with E-state index in [4.69, 9.17) is 10.5 Å². The Bertz CT molecular complexity index is 360. The standard InChI is InChI=1S/C12H25N3O3S/c13-6-11-18-12-4-9-15(10-5-12)19(16,17)14-7-2-1-3-8-14/h12H,1-11,13H2. The van der Waals surface area contributed by atoms with Gasteiger partial charge in [-0.1, -0.05) is 6.42 Å². The summed E-state index contributed by atoms with van der Waals surface area (Å²) in [6.45, 7) is 3.55. The van der Waals surface area contributed by atoms with Crippen LogP contribution in [0, 0.1) is 0 Å². The van der Waals surface area contributed by atoms with Gasteiger partial charge in [0.05, 0.1) is 12.7 Å². The lowest BCUT2D eigenvalue weighted by atomic mass is 10.1. The predicted octanol–water partition coefficient (Wildman–Crippen LogP) is 0.157. The van der Waals surface area contributed by atoms with E-state index in [0.717, 1.165) is 32.1 Å². The fourth-order valence-electron chi connectivity index (χ4n) is 2.72.